The SMILES string of the molecule is C.C1CC2CNCC1O2. The first-order valence-electron chi connectivity index (χ1n) is 3.31. The summed E-state index contributed by atoms with van der Waals surface area (Å²) in [5.41, 5.74) is 0. The van der Waals surface area contributed by atoms with Gasteiger partial charge in [-0.3, -0.25) is 0 Å². The molecule has 2 atom stereocenters. The molecule has 0 aromatic carbocycles. The van der Waals surface area contributed by atoms with Crippen LogP contribution in [0.2, 0.25) is 0 Å². The second-order valence-corrected chi connectivity index (χ2v) is 2.62. The van der Waals surface area contributed by atoms with Gasteiger partial charge in [0.1, 0.15) is 0 Å². The van der Waals surface area contributed by atoms with E-state index in [-0.39, 0.29) is 7.43 Å². The van der Waals surface area contributed by atoms with E-state index >= 15 is 0 Å². The van der Waals surface area contributed by atoms with E-state index in [1.54, 1.807) is 0 Å². The molecule has 1 N–H and O–H groups in total. The van der Waals surface area contributed by atoms with Gasteiger partial charge in [-0.1, -0.05) is 7.43 Å². The van der Waals surface area contributed by atoms with Crippen molar-refractivity contribution in [1.29, 1.82) is 0 Å². The Morgan fingerprint density at radius 2 is 1.67 bits per heavy atom. The van der Waals surface area contributed by atoms with Gasteiger partial charge in [-0.25, -0.2) is 0 Å². The fraction of sp³-hybridized carbons (Fsp3) is 1.00. The van der Waals surface area contributed by atoms with E-state index in [2.05, 4.69) is 5.32 Å². The summed E-state index contributed by atoms with van der Waals surface area (Å²) >= 11 is 0. The third kappa shape index (κ3) is 1.25. The summed E-state index contributed by atoms with van der Waals surface area (Å²) in [6, 6.07) is 0. The normalized spacial score (nSPS) is 40.0. The second-order valence-electron chi connectivity index (χ2n) is 2.62. The van der Waals surface area contributed by atoms with Crippen molar-refractivity contribution in [2.75, 3.05) is 13.1 Å². The summed E-state index contributed by atoms with van der Waals surface area (Å²) in [6.07, 6.45) is 3.65. The van der Waals surface area contributed by atoms with Crippen molar-refractivity contribution in [2.45, 2.75) is 32.5 Å². The van der Waals surface area contributed by atoms with Gasteiger partial charge in [0.25, 0.3) is 0 Å². The van der Waals surface area contributed by atoms with Gasteiger partial charge >= 0.3 is 0 Å². The molecule has 0 saturated carbocycles. The van der Waals surface area contributed by atoms with Crippen molar-refractivity contribution in [1.82, 2.24) is 5.32 Å². The van der Waals surface area contributed by atoms with Crippen molar-refractivity contribution in [3.05, 3.63) is 0 Å². The summed E-state index contributed by atoms with van der Waals surface area (Å²) in [5.74, 6) is 0. The summed E-state index contributed by atoms with van der Waals surface area (Å²) in [5, 5.41) is 3.32. The van der Waals surface area contributed by atoms with Gasteiger partial charge in [0.15, 0.2) is 0 Å². The lowest BCUT2D eigenvalue weighted by molar-refractivity contribution is 0.0184. The zero-order chi connectivity index (χ0) is 5.40. The average molecular weight is 129 g/mol. The summed E-state index contributed by atoms with van der Waals surface area (Å²) in [4.78, 5) is 0. The lowest BCUT2D eigenvalue weighted by Gasteiger charge is -2.20. The van der Waals surface area contributed by atoms with Crippen molar-refractivity contribution in [2.24, 2.45) is 0 Å². The molecule has 9 heavy (non-hydrogen) atoms. The molecule has 2 rings (SSSR count). The van der Waals surface area contributed by atoms with Crippen LogP contribution in [0.5, 0.6) is 0 Å². The minimum Gasteiger partial charge on any atom is -0.372 e. The minimum absolute atomic E-state index is 0. The molecular weight excluding hydrogens is 114 g/mol. The quantitative estimate of drug-likeness (QED) is 0.521. The predicted octanol–water partition coefficient (Wildman–Crippen LogP) is 0.773. The maximum Gasteiger partial charge on any atom is 0.0704 e. The highest BCUT2D eigenvalue weighted by molar-refractivity contribution is 4.81. The Kier molecular flexibility index (Phi) is 2.09. The number of rotatable bonds is 0. The monoisotopic (exact) mass is 129 g/mol. The van der Waals surface area contributed by atoms with Gasteiger partial charge in [-0.05, 0) is 12.8 Å². The summed E-state index contributed by atoms with van der Waals surface area (Å²) < 4.78 is 5.53. The van der Waals surface area contributed by atoms with Crippen LogP contribution in [-0.2, 0) is 4.74 Å². The number of hydrogen-bond acceptors (Lipinski definition) is 2. The molecule has 0 aromatic rings. The zero-order valence-electron chi connectivity index (χ0n) is 4.89. The maximum atomic E-state index is 5.53. The van der Waals surface area contributed by atoms with E-state index in [1.165, 1.54) is 12.8 Å². The van der Waals surface area contributed by atoms with E-state index in [1.807, 2.05) is 0 Å². The highest BCUT2D eigenvalue weighted by Gasteiger charge is 2.28. The molecule has 0 amide bonds. The number of hydrogen-bond donors (Lipinski definition) is 1. The molecule has 0 radical (unpaired) electrons. The lowest BCUT2D eigenvalue weighted by atomic mass is 10.2. The van der Waals surface area contributed by atoms with Crippen molar-refractivity contribution in [3.8, 4) is 0 Å². The number of nitrogens with one attached hydrogen (secondary N) is 1. The van der Waals surface area contributed by atoms with Crippen LogP contribution in [0.4, 0.5) is 0 Å². The zero-order valence-corrected chi connectivity index (χ0v) is 4.89. The van der Waals surface area contributed by atoms with Crippen LogP contribution in [-0.4, -0.2) is 25.3 Å². The van der Waals surface area contributed by atoms with Crippen molar-refractivity contribution >= 4 is 0 Å². The molecule has 2 nitrogen and oxygen atoms in total. The largest absolute Gasteiger partial charge is 0.372 e. The summed E-state index contributed by atoms with van der Waals surface area (Å²) in [7, 11) is 0. The fourth-order valence-corrected chi connectivity index (χ4v) is 1.49. The third-order valence-corrected chi connectivity index (χ3v) is 1.94. The molecule has 2 bridgehead atoms. The number of fused-ring (bicyclic) bond motifs is 2. The molecule has 2 unspecified atom stereocenters. The van der Waals surface area contributed by atoms with Gasteiger partial charge in [0.05, 0.1) is 12.2 Å². The van der Waals surface area contributed by atoms with Crippen LogP contribution in [0.3, 0.4) is 0 Å². The van der Waals surface area contributed by atoms with E-state index in [0.717, 1.165) is 13.1 Å². The Bertz CT molecular complexity index is 80.9. The second kappa shape index (κ2) is 2.67. The minimum atomic E-state index is 0. The molecule has 0 spiro atoms. The standard InChI is InChI=1S/C6H11NO.CH4/c1-2-6-4-7-3-5(1)8-6;/h5-7H,1-4H2;1H4. The molecular formula is C7H15NO. The first kappa shape index (κ1) is 7.03. The maximum absolute atomic E-state index is 5.53. The molecule has 2 heteroatoms. The van der Waals surface area contributed by atoms with Crippen LogP contribution in [0.1, 0.15) is 20.3 Å². The van der Waals surface area contributed by atoms with Gasteiger partial charge in [-0.15, -0.1) is 0 Å². The van der Waals surface area contributed by atoms with Crippen LogP contribution >= 0.6 is 0 Å². The van der Waals surface area contributed by atoms with Crippen LogP contribution in [0.25, 0.3) is 0 Å². The highest BCUT2D eigenvalue weighted by Crippen LogP contribution is 2.21. The lowest BCUT2D eigenvalue weighted by Crippen LogP contribution is -2.38. The van der Waals surface area contributed by atoms with E-state index in [0.29, 0.717) is 12.2 Å². The third-order valence-electron chi connectivity index (χ3n) is 1.94. The van der Waals surface area contributed by atoms with Crippen molar-refractivity contribution < 1.29 is 4.74 Å². The van der Waals surface area contributed by atoms with Gasteiger partial charge in [-0.2, -0.15) is 0 Å². The fourth-order valence-electron chi connectivity index (χ4n) is 1.49. The van der Waals surface area contributed by atoms with Gasteiger partial charge < -0.3 is 10.1 Å². The molecule has 0 aliphatic carbocycles. The molecule has 54 valence electrons. The highest BCUT2D eigenvalue weighted by atomic mass is 16.5. The first-order valence-corrected chi connectivity index (χ1v) is 3.31. The van der Waals surface area contributed by atoms with Crippen LogP contribution < -0.4 is 5.32 Å². The Balaban J connectivity index is 0.000000405. The average Bonchev–Trinajstić information content (AvgIpc) is 2.12. The van der Waals surface area contributed by atoms with Crippen LogP contribution in [0, 0.1) is 0 Å². The smallest absolute Gasteiger partial charge is 0.0704 e. The molecule has 0 aromatic heterocycles. The van der Waals surface area contributed by atoms with E-state index < -0.39 is 0 Å². The molecule has 2 heterocycles. The topological polar surface area (TPSA) is 21.3 Å². The first-order chi connectivity index (χ1) is 3.95. The molecule has 2 aliphatic rings. The molecule has 2 aliphatic heterocycles. The Labute approximate surface area is 56.6 Å². The molecule has 2 saturated heterocycles. The van der Waals surface area contributed by atoms with E-state index in [9.17, 15) is 0 Å². The Hall–Kier alpha value is -0.0800. The number of morpholine rings is 1. The van der Waals surface area contributed by atoms with E-state index in [4.69, 9.17) is 4.74 Å². The van der Waals surface area contributed by atoms with Crippen molar-refractivity contribution in [3.63, 3.8) is 0 Å². The Morgan fingerprint density at radius 3 is 2.11 bits per heavy atom. The van der Waals surface area contributed by atoms with Gasteiger partial charge in [0.2, 0.25) is 0 Å². The number of ether oxygens (including phenoxy) is 1. The van der Waals surface area contributed by atoms with Gasteiger partial charge in [0, 0.05) is 13.1 Å². The predicted molar refractivity (Wildman–Crippen MR) is 37.5 cm³/mol. The molecule has 2 fully saturated rings. The van der Waals surface area contributed by atoms with Crippen LogP contribution in [0.15, 0.2) is 0 Å². The summed E-state index contributed by atoms with van der Waals surface area (Å²) in [6.45, 7) is 2.16. The Morgan fingerprint density at radius 1 is 1.11 bits per heavy atom.